The average molecular weight is 394 g/mol. The van der Waals surface area contributed by atoms with Crippen molar-refractivity contribution in [2.45, 2.75) is 37.8 Å². The van der Waals surface area contributed by atoms with Gasteiger partial charge in [-0.25, -0.2) is 0 Å². The van der Waals surface area contributed by atoms with Crippen LogP contribution in [0.2, 0.25) is 0 Å². The number of hydrogen-bond donors (Lipinski definition) is 1. The third-order valence-electron chi connectivity index (χ3n) is 6.14. The lowest BCUT2D eigenvalue weighted by atomic mass is 9.95. The number of rotatable bonds is 3. The summed E-state index contributed by atoms with van der Waals surface area (Å²) in [6, 6.07) is 5.21. The molecule has 3 aliphatic rings. The maximum Gasteiger partial charge on any atom is 0.255 e. The molecule has 3 amide bonds. The van der Waals surface area contributed by atoms with E-state index in [2.05, 4.69) is 10.4 Å². The number of ether oxygens (including phenoxy) is 1. The van der Waals surface area contributed by atoms with Crippen LogP contribution >= 0.6 is 0 Å². The summed E-state index contributed by atoms with van der Waals surface area (Å²) in [6.07, 6.45) is 3.46. The van der Waals surface area contributed by atoms with Gasteiger partial charge < -0.3 is 9.64 Å². The first-order valence-electron chi connectivity index (χ1n) is 9.90. The fourth-order valence-electron chi connectivity index (χ4n) is 4.65. The van der Waals surface area contributed by atoms with E-state index < -0.39 is 11.9 Å². The first kappa shape index (κ1) is 18.1. The van der Waals surface area contributed by atoms with Crippen molar-refractivity contribution in [2.75, 3.05) is 13.2 Å². The number of piperidine rings is 1. The molecule has 0 aliphatic carbocycles. The second-order valence-electron chi connectivity index (χ2n) is 7.90. The summed E-state index contributed by atoms with van der Waals surface area (Å²) in [6.45, 7) is 1.82. The number of fused-ring (bicyclic) bond motifs is 1. The third kappa shape index (κ3) is 2.95. The van der Waals surface area contributed by atoms with Gasteiger partial charge in [0.05, 0.1) is 18.5 Å². The molecule has 2 atom stereocenters. The van der Waals surface area contributed by atoms with E-state index in [-0.39, 0.29) is 18.2 Å². The van der Waals surface area contributed by atoms with Crippen LogP contribution in [-0.2, 0) is 27.9 Å². The molecule has 3 aliphatic heterocycles. The molecule has 8 nitrogen and oxygen atoms in total. The van der Waals surface area contributed by atoms with Crippen LogP contribution in [0.15, 0.2) is 24.4 Å². The summed E-state index contributed by atoms with van der Waals surface area (Å²) >= 11 is 0. The second kappa shape index (κ2) is 6.81. The number of aryl methyl sites for hydroxylation is 1. The minimum atomic E-state index is -0.597. The number of carbonyl (C=O) groups excluding carboxylic acids is 3. The highest BCUT2D eigenvalue weighted by molar-refractivity contribution is 6.05. The lowest BCUT2D eigenvalue weighted by Gasteiger charge is -2.29. The van der Waals surface area contributed by atoms with E-state index in [1.807, 2.05) is 36.1 Å². The van der Waals surface area contributed by atoms with Crippen molar-refractivity contribution in [2.24, 2.45) is 7.05 Å². The fourth-order valence-corrected chi connectivity index (χ4v) is 4.65. The molecule has 2 aromatic rings. The zero-order chi connectivity index (χ0) is 20.1. The predicted octanol–water partition coefficient (Wildman–Crippen LogP) is 1.35. The van der Waals surface area contributed by atoms with E-state index in [9.17, 15) is 14.4 Å². The highest BCUT2D eigenvalue weighted by Gasteiger charge is 2.39. The number of amides is 3. The van der Waals surface area contributed by atoms with Crippen molar-refractivity contribution >= 4 is 17.7 Å². The SMILES string of the molecule is Cn1ncc(-c2ccc3c(c2)CN(C2CCC(=O)NC2=O)C3=O)c1C1CCOC1. The topological polar surface area (TPSA) is 93.5 Å². The molecule has 0 saturated carbocycles. The van der Waals surface area contributed by atoms with Crippen LogP contribution in [0.4, 0.5) is 0 Å². The van der Waals surface area contributed by atoms with Gasteiger partial charge in [-0.3, -0.25) is 24.4 Å². The highest BCUT2D eigenvalue weighted by atomic mass is 16.5. The standard InChI is InChI=1S/C21H22N4O4/c1-24-19(13-6-7-29-11-13)16(9-22-24)12-2-3-15-14(8-12)10-25(21(15)28)17-4-5-18(26)23-20(17)27/h2-3,8-9,13,17H,4-7,10-11H2,1H3,(H,23,26,27). The Bertz CT molecular complexity index is 1020. The molecule has 5 rings (SSSR count). The Labute approximate surface area is 167 Å². The van der Waals surface area contributed by atoms with E-state index in [4.69, 9.17) is 4.74 Å². The number of imide groups is 1. The molecule has 0 radical (unpaired) electrons. The summed E-state index contributed by atoms with van der Waals surface area (Å²) in [5.74, 6) is -0.514. The van der Waals surface area contributed by atoms with Crippen LogP contribution in [-0.4, -0.2) is 51.7 Å². The van der Waals surface area contributed by atoms with Crippen molar-refractivity contribution in [3.05, 3.63) is 41.2 Å². The summed E-state index contributed by atoms with van der Waals surface area (Å²) in [4.78, 5) is 38.1. The molecule has 1 aromatic heterocycles. The van der Waals surface area contributed by atoms with Crippen molar-refractivity contribution in [3.8, 4) is 11.1 Å². The Hall–Kier alpha value is -3.00. The lowest BCUT2D eigenvalue weighted by molar-refractivity contribution is -0.136. The second-order valence-corrected chi connectivity index (χ2v) is 7.90. The van der Waals surface area contributed by atoms with Crippen LogP contribution in [0.5, 0.6) is 0 Å². The molecule has 29 heavy (non-hydrogen) atoms. The van der Waals surface area contributed by atoms with Crippen molar-refractivity contribution < 1.29 is 19.1 Å². The van der Waals surface area contributed by atoms with Crippen LogP contribution in [0, 0.1) is 0 Å². The molecule has 150 valence electrons. The lowest BCUT2D eigenvalue weighted by Crippen LogP contribution is -2.52. The number of benzene rings is 1. The monoisotopic (exact) mass is 394 g/mol. The first-order valence-corrected chi connectivity index (χ1v) is 9.90. The Morgan fingerprint density at radius 1 is 1.17 bits per heavy atom. The number of aromatic nitrogens is 2. The Morgan fingerprint density at radius 2 is 2.03 bits per heavy atom. The van der Waals surface area contributed by atoms with Gasteiger partial charge in [-0.2, -0.15) is 5.10 Å². The number of nitrogens with one attached hydrogen (secondary N) is 1. The summed E-state index contributed by atoms with van der Waals surface area (Å²) in [5, 5.41) is 6.79. The van der Waals surface area contributed by atoms with Gasteiger partial charge in [-0.1, -0.05) is 6.07 Å². The van der Waals surface area contributed by atoms with Crippen molar-refractivity contribution in [1.82, 2.24) is 20.0 Å². The molecule has 0 bridgehead atoms. The maximum absolute atomic E-state index is 12.9. The Morgan fingerprint density at radius 3 is 2.79 bits per heavy atom. The van der Waals surface area contributed by atoms with E-state index in [0.717, 1.165) is 35.4 Å². The molecule has 1 N–H and O–H groups in total. The average Bonchev–Trinajstić information content (AvgIpc) is 3.41. The largest absolute Gasteiger partial charge is 0.381 e. The van der Waals surface area contributed by atoms with E-state index in [0.29, 0.717) is 31.1 Å². The minimum Gasteiger partial charge on any atom is -0.381 e. The van der Waals surface area contributed by atoms with Gasteiger partial charge in [0.15, 0.2) is 0 Å². The smallest absolute Gasteiger partial charge is 0.255 e. The third-order valence-corrected chi connectivity index (χ3v) is 6.14. The molecule has 2 unspecified atom stereocenters. The summed E-state index contributed by atoms with van der Waals surface area (Å²) in [7, 11) is 1.94. The molecule has 2 saturated heterocycles. The van der Waals surface area contributed by atoms with Gasteiger partial charge >= 0.3 is 0 Å². The van der Waals surface area contributed by atoms with E-state index in [1.165, 1.54) is 0 Å². The molecule has 1 aromatic carbocycles. The van der Waals surface area contributed by atoms with Crippen LogP contribution < -0.4 is 5.32 Å². The summed E-state index contributed by atoms with van der Waals surface area (Å²) in [5.41, 5.74) is 4.73. The van der Waals surface area contributed by atoms with E-state index >= 15 is 0 Å². The van der Waals surface area contributed by atoms with Gasteiger partial charge in [0.1, 0.15) is 6.04 Å². The Balaban J connectivity index is 1.45. The summed E-state index contributed by atoms with van der Waals surface area (Å²) < 4.78 is 7.46. The first-order chi connectivity index (χ1) is 14.0. The zero-order valence-corrected chi connectivity index (χ0v) is 16.2. The molecular weight excluding hydrogens is 372 g/mol. The van der Waals surface area contributed by atoms with Crippen LogP contribution in [0.25, 0.3) is 11.1 Å². The van der Waals surface area contributed by atoms with Gasteiger partial charge in [-0.15, -0.1) is 0 Å². The van der Waals surface area contributed by atoms with Crippen molar-refractivity contribution in [1.29, 1.82) is 0 Å². The number of nitrogens with zero attached hydrogens (tertiary/aromatic N) is 3. The molecule has 4 heterocycles. The maximum atomic E-state index is 12.9. The quantitative estimate of drug-likeness (QED) is 0.794. The minimum absolute atomic E-state index is 0.156. The molecule has 0 spiro atoms. The van der Waals surface area contributed by atoms with Gasteiger partial charge in [0, 0.05) is 43.7 Å². The molecule has 8 heteroatoms. The number of carbonyl (C=O) groups is 3. The molecular formula is C21H22N4O4. The fraction of sp³-hybridized carbons (Fsp3) is 0.429. The molecule has 2 fully saturated rings. The van der Waals surface area contributed by atoms with Gasteiger partial charge in [-0.05, 0) is 36.1 Å². The van der Waals surface area contributed by atoms with Crippen LogP contribution in [0.3, 0.4) is 0 Å². The predicted molar refractivity (Wildman–Crippen MR) is 103 cm³/mol. The van der Waals surface area contributed by atoms with E-state index in [1.54, 1.807) is 4.90 Å². The number of hydrogen-bond acceptors (Lipinski definition) is 5. The van der Waals surface area contributed by atoms with Crippen molar-refractivity contribution in [3.63, 3.8) is 0 Å². The van der Waals surface area contributed by atoms with Crippen LogP contribution in [0.1, 0.15) is 46.8 Å². The Kier molecular flexibility index (Phi) is 4.24. The normalized spacial score (nSPS) is 24.2. The van der Waals surface area contributed by atoms with Gasteiger partial charge in [0.2, 0.25) is 11.8 Å². The van der Waals surface area contributed by atoms with Gasteiger partial charge in [0.25, 0.3) is 5.91 Å². The highest BCUT2D eigenvalue weighted by Crippen LogP contribution is 2.36. The zero-order valence-electron chi connectivity index (χ0n) is 16.2.